The molecule has 0 unspecified atom stereocenters. The van der Waals surface area contributed by atoms with Crippen molar-refractivity contribution in [2.24, 2.45) is 0 Å². The Morgan fingerprint density at radius 2 is 1.86 bits per heavy atom. The number of nitrogens with zero attached hydrogens (tertiary/aromatic N) is 1. The van der Waals surface area contributed by atoms with Crippen molar-refractivity contribution in [3.05, 3.63) is 82.3 Å². The smallest absolute Gasteiger partial charge is 0.337 e. The van der Waals surface area contributed by atoms with Crippen LogP contribution >= 0.6 is 11.6 Å². The van der Waals surface area contributed by atoms with Gasteiger partial charge in [-0.1, -0.05) is 17.7 Å². The summed E-state index contributed by atoms with van der Waals surface area (Å²) in [7, 11) is 0. The Kier molecular flexibility index (Phi) is 5.77. The van der Waals surface area contributed by atoms with Crippen LogP contribution in [-0.4, -0.2) is 17.0 Å². The number of rotatable bonds is 5. The number of carbonyl (C=O) groups is 2. The molecule has 0 saturated carbocycles. The van der Waals surface area contributed by atoms with Crippen LogP contribution in [0.25, 0.3) is 17.4 Å². The third-order valence-corrected chi connectivity index (χ3v) is 4.18. The Balaban J connectivity index is 1.81. The van der Waals surface area contributed by atoms with E-state index in [2.05, 4.69) is 5.32 Å². The predicted octanol–water partition coefficient (Wildman–Crippen LogP) is 4.98. The van der Waals surface area contributed by atoms with Gasteiger partial charge < -0.3 is 14.8 Å². The molecule has 2 aromatic carbocycles. The van der Waals surface area contributed by atoms with E-state index in [4.69, 9.17) is 21.1 Å². The number of amides is 1. The highest BCUT2D eigenvalue weighted by Crippen LogP contribution is 2.28. The molecule has 1 amide bonds. The first kappa shape index (κ1) is 19.9. The lowest BCUT2D eigenvalue weighted by Crippen LogP contribution is -2.13. The lowest BCUT2D eigenvalue weighted by molar-refractivity contribution is -0.112. The molecule has 0 aliphatic heterocycles. The Bertz CT molecular complexity index is 1160. The molecule has 8 heteroatoms. The average Bonchev–Trinajstić information content (AvgIpc) is 3.16. The zero-order valence-electron chi connectivity index (χ0n) is 14.6. The molecule has 0 aliphatic rings. The number of anilines is 1. The molecule has 3 aromatic rings. The number of halogens is 2. The number of carboxylic acids is 1. The number of aromatic carboxylic acids is 1. The molecule has 1 heterocycles. The zero-order chi connectivity index (χ0) is 21.0. The van der Waals surface area contributed by atoms with Crippen LogP contribution in [0.3, 0.4) is 0 Å². The van der Waals surface area contributed by atoms with Gasteiger partial charge in [-0.3, -0.25) is 4.79 Å². The van der Waals surface area contributed by atoms with Crippen molar-refractivity contribution in [1.82, 2.24) is 0 Å². The Labute approximate surface area is 169 Å². The molecule has 0 bridgehead atoms. The van der Waals surface area contributed by atoms with Crippen molar-refractivity contribution in [3.63, 3.8) is 0 Å². The highest BCUT2D eigenvalue weighted by molar-refractivity contribution is 6.33. The first-order chi connectivity index (χ1) is 13.9. The maximum absolute atomic E-state index is 12.9. The molecule has 6 nitrogen and oxygen atoms in total. The summed E-state index contributed by atoms with van der Waals surface area (Å²) >= 11 is 5.96. The lowest BCUT2D eigenvalue weighted by Gasteiger charge is -2.03. The minimum Gasteiger partial charge on any atom is -0.478 e. The molecular formula is C21H12ClFN2O4. The minimum atomic E-state index is -1.14. The summed E-state index contributed by atoms with van der Waals surface area (Å²) in [4.78, 5) is 23.3. The highest BCUT2D eigenvalue weighted by atomic mass is 35.5. The standard InChI is InChI=1S/C21H12ClFN2O4/c22-18-10-12(1-7-17(18)21(27)28)19-8-6-16(29-19)9-13(11-24)20(26)25-15-4-2-14(23)3-5-15/h1-10H,(H,25,26)(H,27,28)/b13-9+. The monoisotopic (exact) mass is 410 g/mol. The van der Waals surface area contributed by atoms with Gasteiger partial charge >= 0.3 is 5.97 Å². The summed E-state index contributed by atoms with van der Waals surface area (Å²) in [6.45, 7) is 0. The molecule has 1 aromatic heterocycles. The average molecular weight is 411 g/mol. The van der Waals surface area contributed by atoms with E-state index in [0.717, 1.165) is 0 Å². The quantitative estimate of drug-likeness (QED) is 0.456. The van der Waals surface area contributed by atoms with Crippen LogP contribution in [0.5, 0.6) is 0 Å². The molecule has 0 saturated heterocycles. The number of nitrogens with one attached hydrogen (secondary N) is 1. The fourth-order valence-electron chi connectivity index (χ4n) is 2.45. The van der Waals surface area contributed by atoms with E-state index >= 15 is 0 Å². The summed E-state index contributed by atoms with van der Waals surface area (Å²) in [5, 5.41) is 20.8. The van der Waals surface area contributed by atoms with Crippen molar-refractivity contribution in [1.29, 1.82) is 5.26 Å². The molecule has 3 rings (SSSR count). The molecule has 144 valence electrons. The summed E-state index contributed by atoms with van der Waals surface area (Å²) in [6.07, 6.45) is 1.26. The molecule has 0 atom stereocenters. The van der Waals surface area contributed by atoms with Crippen molar-refractivity contribution < 1.29 is 23.5 Å². The second-order valence-corrected chi connectivity index (χ2v) is 6.24. The van der Waals surface area contributed by atoms with Gasteiger partial charge in [0.15, 0.2) is 0 Å². The van der Waals surface area contributed by atoms with E-state index in [1.54, 1.807) is 18.2 Å². The maximum Gasteiger partial charge on any atom is 0.337 e. The largest absolute Gasteiger partial charge is 0.478 e. The van der Waals surface area contributed by atoms with Gasteiger partial charge in [0.05, 0.1) is 10.6 Å². The predicted molar refractivity (Wildman–Crippen MR) is 105 cm³/mol. The van der Waals surface area contributed by atoms with Crippen molar-refractivity contribution >= 4 is 35.2 Å². The Hall–Kier alpha value is -3.89. The van der Waals surface area contributed by atoms with Crippen LogP contribution < -0.4 is 5.32 Å². The number of furan rings is 1. The van der Waals surface area contributed by atoms with Gasteiger partial charge in [0.2, 0.25) is 0 Å². The van der Waals surface area contributed by atoms with Crippen LogP contribution in [0.2, 0.25) is 5.02 Å². The zero-order valence-corrected chi connectivity index (χ0v) is 15.4. The summed E-state index contributed by atoms with van der Waals surface area (Å²) in [5.41, 5.74) is 0.626. The number of carboxylic acid groups (broad SMARTS) is 1. The van der Waals surface area contributed by atoms with Crippen molar-refractivity contribution in [3.8, 4) is 17.4 Å². The van der Waals surface area contributed by atoms with E-state index in [-0.39, 0.29) is 21.9 Å². The highest BCUT2D eigenvalue weighted by Gasteiger charge is 2.13. The van der Waals surface area contributed by atoms with Crippen LogP contribution in [0, 0.1) is 17.1 Å². The summed E-state index contributed by atoms with van der Waals surface area (Å²) < 4.78 is 18.5. The third kappa shape index (κ3) is 4.69. The normalized spacial score (nSPS) is 11.0. The molecule has 0 fully saturated rings. The first-order valence-corrected chi connectivity index (χ1v) is 8.57. The van der Waals surface area contributed by atoms with Crippen molar-refractivity contribution in [2.75, 3.05) is 5.32 Å². The molecule has 0 radical (unpaired) electrons. The number of carbonyl (C=O) groups excluding carboxylic acids is 1. The number of benzene rings is 2. The molecule has 29 heavy (non-hydrogen) atoms. The summed E-state index contributed by atoms with van der Waals surface area (Å²) in [5.74, 6) is -1.64. The van der Waals surface area contributed by atoms with Gasteiger partial charge in [0.1, 0.15) is 29.0 Å². The van der Waals surface area contributed by atoms with E-state index in [9.17, 15) is 19.2 Å². The van der Waals surface area contributed by atoms with E-state index in [0.29, 0.717) is 17.0 Å². The molecule has 0 spiro atoms. The van der Waals surface area contributed by atoms with Crippen LogP contribution in [0.15, 0.2) is 64.6 Å². The van der Waals surface area contributed by atoms with Crippen LogP contribution in [0.1, 0.15) is 16.1 Å². The fourth-order valence-corrected chi connectivity index (χ4v) is 2.71. The Morgan fingerprint density at radius 1 is 1.14 bits per heavy atom. The second kappa shape index (κ2) is 8.42. The number of nitriles is 1. The SMILES string of the molecule is N#C/C(=C\c1ccc(-c2ccc(C(=O)O)c(Cl)c2)o1)C(=O)Nc1ccc(F)cc1. The minimum absolute atomic E-state index is 0.0358. The molecule has 2 N–H and O–H groups in total. The van der Waals surface area contributed by atoms with E-state index in [1.807, 2.05) is 0 Å². The molecular weight excluding hydrogens is 399 g/mol. The van der Waals surface area contributed by atoms with Crippen LogP contribution in [-0.2, 0) is 4.79 Å². The number of hydrogen-bond donors (Lipinski definition) is 2. The van der Waals surface area contributed by atoms with Crippen molar-refractivity contribution in [2.45, 2.75) is 0 Å². The lowest BCUT2D eigenvalue weighted by atomic mass is 10.1. The fraction of sp³-hybridized carbons (Fsp3) is 0. The van der Waals surface area contributed by atoms with Gasteiger partial charge in [-0.15, -0.1) is 0 Å². The summed E-state index contributed by atoms with van der Waals surface area (Å²) in [6, 6.07) is 14.4. The van der Waals surface area contributed by atoms with E-state index < -0.39 is 17.7 Å². The number of hydrogen-bond acceptors (Lipinski definition) is 4. The van der Waals surface area contributed by atoms with Gasteiger partial charge in [-0.2, -0.15) is 5.26 Å². The van der Waals surface area contributed by atoms with Gasteiger partial charge in [-0.05, 0) is 48.5 Å². The second-order valence-electron chi connectivity index (χ2n) is 5.83. The third-order valence-electron chi connectivity index (χ3n) is 3.86. The van der Waals surface area contributed by atoms with Gasteiger partial charge in [-0.25, -0.2) is 9.18 Å². The maximum atomic E-state index is 12.9. The van der Waals surface area contributed by atoms with Crippen LogP contribution in [0.4, 0.5) is 10.1 Å². The van der Waals surface area contributed by atoms with Gasteiger partial charge in [0, 0.05) is 17.3 Å². The topological polar surface area (TPSA) is 103 Å². The van der Waals surface area contributed by atoms with E-state index in [1.165, 1.54) is 48.5 Å². The molecule has 0 aliphatic carbocycles. The first-order valence-electron chi connectivity index (χ1n) is 8.19. The van der Waals surface area contributed by atoms with Gasteiger partial charge in [0.25, 0.3) is 5.91 Å². The Morgan fingerprint density at radius 3 is 2.48 bits per heavy atom.